The summed E-state index contributed by atoms with van der Waals surface area (Å²) in [6.07, 6.45) is 6.61. The quantitative estimate of drug-likeness (QED) is 0.149. The fourth-order valence-corrected chi connectivity index (χ4v) is 3.42. The van der Waals surface area contributed by atoms with Gasteiger partial charge in [0.15, 0.2) is 0 Å². The van der Waals surface area contributed by atoms with Crippen LogP contribution in [0.2, 0.25) is 0 Å². The Morgan fingerprint density at radius 2 is 1.86 bits per heavy atom. The summed E-state index contributed by atoms with van der Waals surface area (Å²) in [5.74, 6) is 6.05. The number of hydrazine groups is 1. The third kappa shape index (κ3) is 9.21. The standard InChI is InChI=1S/C22H33N5OS/c1-17(8-6-4-5-7-14-25-23)27-29-21-11-9-20(10-12-21)13-15-24-19(3)22-16-18(2)28-26-22/h9-12,16,24-25,27H,1,3-8,13-15,23H2,2H3. The Morgan fingerprint density at radius 3 is 2.55 bits per heavy atom. The molecule has 0 unspecified atom stereocenters. The minimum absolute atomic E-state index is 0.758. The van der Waals surface area contributed by atoms with Crippen molar-refractivity contribution in [2.75, 3.05) is 13.1 Å². The Morgan fingerprint density at radius 1 is 1.10 bits per heavy atom. The van der Waals surface area contributed by atoms with Crippen LogP contribution in [-0.2, 0) is 6.42 Å². The summed E-state index contributed by atoms with van der Waals surface area (Å²) in [7, 11) is 0. The summed E-state index contributed by atoms with van der Waals surface area (Å²) in [6, 6.07) is 10.5. The van der Waals surface area contributed by atoms with Gasteiger partial charge in [0.05, 0.1) is 5.70 Å². The van der Waals surface area contributed by atoms with Crippen LogP contribution in [0.4, 0.5) is 0 Å². The summed E-state index contributed by atoms with van der Waals surface area (Å²) in [5.41, 5.74) is 6.58. The van der Waals surface area contributed by atoms with Gasteiger partial charge in [0.1, 0.15) is 11.5 Å². The van der Waals surface area contributed by atoms with Crippen LogP contribution >= 0.6 is 11.9 Å². The molecule has 29 heavy (non-hydrogen) atoms. The highest BCUT2D eigenvalue weighted by Crippen LogP contribution is 2.18. The van der Waals surface area contributed by atoms with E-state index in [2.05, 4.69) is 58.0 Å². The van der Waals surface area contributed by atoms with E-state index in [1.54, 1.807) is 11.9 Å². The van der Waals surface area contributed by atoms with Crippen LogP contribution in [0.25, 0.3) is 5.70 Å². The van der Waals surface area contributed by atoms with Gasteiger partial charge >= 0.3 is 0 Å². The van der Waals surface area contributed by atoms with Crippen molar-refractivity contribution in [2.24, 2.45) is 5.84 Å². The molecule has 158 valence electrons. The number of nitrogens with zero attached hydrogens (tertiary/aromatic N) is 1. The van der Waals surface area contributed by atoms with Crippen molar-refractivity contribution in [2.45, 2.75) is 50.3 Å². The fraction of sp³-hybridized carbons (Fsp3) is 0.409. The maximum absolute atomic E-state index is 5.27. The van der Waals surface area contributed by atoms with Crippen LogP contribution in [0.1, 0.15) is 49.1 Å². The van der Waals surface area contributed by atoms with Crippen LogP contribution in [-0.4, -0.2) is 18.2 Å². The molecule has 2 aromatic rings. The molecule has 0 amide bonds. The molecular formula is C22H33N5OS. The lowest BCUT2D eigenvalue weighted by molar-refractivity contribution is 0.395. The van der Waals surface area contributed by atoms with Gasteiger partial charge in [-0.2, -0.15) is 0 Å². The Labute approximate surface area is 178 Å². The molecule has 5 N–H and O–H groups in total. The maximum Gasteiger partial charge on any atom is 0.134 e. The van der Waals surface area contributed by atoms with Gasteiger partial charge in [0.25, 0.3) is 0 Å². The lowest BCUT2D eigenvalue weighted by atomic mass is 10.1. The third-order valence-corrected chi connectivity index (χ3v) is 5.37. The van der Waals surface area contributed by atoms with Gasteiger partial charge in [0, 0.05) is 29.7 Å². The minimum Gasteiger partial charge on any atom is -0.383 e. The molecule has 0 saturated heterocycles. The molecule has 0 radical (unpaired) electrons. The van der Waals surface area contributed by atoms with Crippen molar-refractivity contribution in [1.29, 1.82) is 0 Å². The molecule has 0 aliphatic carbocycles. The van der Waals surface area contributed by atoms with E-state index in [1.807, 2.05) is 13.0 Å². The van der Waals surface area contributed by atoms with E-state index in [0.717, 1.165) is 61.6 Å². The summed E-state index contributed by atoms with van der Waals surface area (Å²) in [5, 5.41) is 7.26. The molecule has 0 fully saturated rings. The monoisotopic (exact) mass is 415 g/mol. The largest absolute Gasteiger partial charge is 0.383 e. The summed E-state index contributed by atoms with van der Waals surface area (Å²) in [6.45, 7) is 11.7. The first-order valence-electron chi connectivity index (χ1n) is 10.1. The number of aryl methyl sites for hydroxylation is 1. The van der Waals surface area contributed by atoms with E-state index in [9.17, 15) is 0 Å². The second kappa shape index (κ2) is 13.1. The summed E-state index contributed by atoms with van der Waals surface area (Å²) in [4.78, 5) is 1.18. The second-order valence-electron chi connectivity index (χ2n) is 7.05. The average molecular weight is 416 g/mol. The first kappa shape index (κ1) is 23.1. The van der Waals surface area contributed by atoms with E-state index in [4.69, 9.17) is 10.4 Å². The number of nitrogens with one attached hydrogen (secondary N) is 3. The zero-order valence-corrected chi connectivity index (χ0v) is 18.1. The van der Waals surface area contributed by atoms with Crippen LogP contribution in [0.5, 0.6) is 0 Å². The topological polar surface area (TPSA) is 88.1 Å². The van der Waals surface area contributed by atoms with Crippen molar-refractivity contribution in [3.63, 3.8) is 0 Å². The number of allylic oxidation sites excluding steroid dienone is 1. The number of aromatic nitrogens is 1. The van der Waals surface area contributed by atoms with Gasteiger partial charge in [-0.25, -0.2) is 0 Å². The van der Waals surface area contributed by atoms with Gasteiger partial charge in [0.2, 0.25) is 0 Å². The Hall–Kier alpha value is -2.22. The van der Waals surface area contributed by atoms with Crippen LogP contribution in [0.3, 0.4) is 0 Å². The first-order chi connectivity index (χ1) is 14.1. The highest BCUT2D eigenvalue weighted by molar-refractivity contribution is 7.97. The number of rotatable bonds is 15. The Balaban J connectivity index is 1.60. The molecule has 1 heterocycles. The first-order valence-corrected chi connectivity index (χ1v) is 10.9. The zero-order valence-electron chi connectivity index (χ0n) is 17.3. The van der Waals surface area contributed by atoms with Gasteiger partial charge in [-0.1, -0.05) is 43.3 Å². The third-order valence-electron chi connectivity index (χ3n) is 4.48. The van der Waals surface area contributed by atoms with E-state index < -0.39 is 0 Å². The van der Waals surface area contributed by atoms with Gasteiger partial charge < -0.3 is 14.6 Å². The summed E-state index contributed by atoms with van der Waals surface area (Å²) >= 11 is 1.61. The molecule has 6 nitrogen and oxygen atoms in total. The van der Waals surface area contributed by atoms with E-state index in [-0.39, 0.29) is 0 Å². The lowest BCUT2D eigenvalue weighted by Crippen LogP contribution is -2.22. The predicted molar refractivity (Wildman–Crippen MR) is 122 cm³/mol. The fourth-order valence-electron chi connectivity index (χ4n) is 2.78. The second-order valence-corrected chi connectivity index (χ2v) is 7.93. The minimum atomic E-state index is 0.758. The molecule has 0 aliphatic rings. The highest BCUT2D eigenvalue weighted by atomic mass is 32.2. The van der Waals surface area contributed by atoms with E-state index >= 15 is 0 Å². The van der Waals surface area contributed by atoms with Crippen molar-refractivity contribution in [1.82, 2.24) is 20.6 Å². The smallest absolute Gasteiger partial charge is 0.134 e. The van der Waals surface area contributed by atoms with Crippen LogP contribution in [0.15, 0.2) is 58.6 Å². The number of unbranched alkanes of at least 4 members (excludes halogenated alkanes) is 3. The Bertz CT molecular complexity index is 757. The molecule has 0 spiro atoms. The molecule has 1 aromatic heterocycles. The molecule has 0 aliphatic heterocycles. The molecule has 1 aromatic carbocycles. The molecule has 0 atom stereocenters. The predicted octanol–water partition coefficient (Wildman–Crippen LogP) is 4.31. The van der Waals surface area contributed by atoms with Gasteiger partial charge in [-0.05, 0) is 62.3 Å². The molecule has 0 bridgehead atoms. The molecule has 2 rings (SSSR count). The molecule has 0 saturated carbocycles. The van der Waals surface area contributed by atoms with Gasteiger partial charge in [-0.3, -0.25) is 11.3 Å². The van der Waals surface area contributed by atoms with Crippen molar-refractivity contribution < 1.29 is 4.52 Å². The van der Waals surface area contributed by atoms with E-state index in [0.29, 0.717) is 0 Å². The molecule has 7 heteroatoms. The average Bonchev–Trinajstić information content (AvgIpc) is 3.16. The SMILES string of the molecule is C=C(CCCCCCNN)NSc1ccc(CCNC(=C)c2cc(C)on2)cc1. The molecular weight excluding hydrogens is 382 g/mol. The Kier molecular flexibility index (Phi) is 10.4. The van der Waals surface area contributed by atoms with E-state index in [1.165, 1.54) is 23.3 Å². The normalized spacial score (nSPS) is 10.7. The number of nitrogens with two attached hydrogens (primary N) is 1. The van der Waals surface area contributed by atoms with Crippen molar-refractivity contribution >= 4 is 17.6 Å². The maximum atomic E-state index is 5.27. The van der Waals surface area contributed by atoms with Gasteiger partial charge in [-0.15, -0.1) is 0 Å². The lowest BCUT2D eigenvalue weighted by Gasteiger charge is -2.10. The number of benzene rings is 1. The number of hydrogen-bond donors (Lipinski definition) is 4. The van der Waals surface area contributed by atoms with Crippen molar-refractivity contribution in [3.8, 4) is 0 Å². The summed E-state index contributed by atoms with van der Waals surface area (Å²) < 4.78 is 8.42. The number of hydrogen-bond acceptors (Lipinski definition) is 7. The van der Waals surface area contributed by atoms with Crippen LogP contribution < -0.4 is 21.3 Å². The zero-order chi connectivity index (χ0) is 20.9. The highest BCUT2D eigenvalue weighted by Gasteiger charge is 2.04. The van der Waals surface area contributed by atoms with Crippen LogP contribution in [0, 0.1) is 6.92 Å². The van der Waals surface area contributed by atoms with Crippen molar-refractivity contribution in [3.05, 3.63) is 66.2 Å².